The van der Waals surface area contributed by atoms with Gasteiger partial charge in [-0.3, -0.25) is 0 Å². The first-order chi connectivity index (χ1) is 7.40. The first-order valence-electron chi connectivity index (χ1n) is 5.53. The molecule has 3 heteroatoms. The molecule has 0 spiro atoms. The Bertz CT molecular complexity index is 367. The fourth-order valence-corrected chi connectivity index (χ4v) is 2.29. The van der Waals surface area contributed by atoms with Crippen molar-refractivity contribution in [1.29, 1.82) is 0 Å². The van der Waals surface area contributed by atoms with Gasteiger partial charge in [0.05, 0.1) is 0 Å². The first-order valence-corrected chi connectivity index (χ1v) is 8.94. The third-order valence-electron chi connectivity index (χ3n) is 2.01. The van der Waals surface area contributed by atoms with Crippen molar-refractivity contribution in [2.45, 2.75) is 32.5 Å². The van der Waals surface area contributed by atoms with Gasteiger partial charge in [-0.25, -0.2) is 0 Å². The van der Waals surface area contributed by atoms with Gasteiger partial charge in [-0.05, 0) is 50.2 Å². The van der Waals surface area contributed by atoms with Crippen molar-refractivity contribution in [2.75, 3.05) is 0 Å². The molecule has 16 heavy (non-hydrogen) atoms. The normalized spacial score (nSPS) is 11.2. The molecule has 0 heterocycles. The minimum atomic E-state index is -1.61. The van der Waals surface area contributed by atoms with E-state index in [9.17, 15) is 5.11 Å². The largest absolute Gasteiger partial charge is 0.544 e. The Morgan fingerprint density at radius 3 is 2.56 bits per heavy atom. The SMILES string of the molecule is C=CCCc1cc(O)cc(O[Si](C)(C)C)c1. The Kier molecular flexibility index (Phi) is 4.18. The summed E-state index contributed by atoms with van der Waals surface area (Å²) >= 11 is 0. The molecule has 0 amide bonds. The molecule has 0 aromatic heterocycles. The van der Waals surface area contributed by atoms with Gasteiger partial charge in [-0.1, -0.05) is 6.08 Å². The number of hydrogen-bond acceptors (Lipinski definition) is 2. The summed E-state index contributed by atoms with van der Waals surface area (Å²) < 4.78 is 5.86. The second kappa shape index (κ2) is 5.21. The van der Waals surface area contributed by atoms with Crippen LogP contribution in [0, 0.1) is 0 Å². The predicted octanol–water partition coefficient (Wildman–Crippen LogP) is 3.72. The number of aromatic hydroxyl groups is 1. The fourth-order valence-electron chi connectivity index (χ4n) is 1.47. The van der Waals surface area contributed by atoms with Crippen LogP contribution in [-0.4, -0.2) is 13.4 Å². The van der Waals surface area contributed by atoms with Crippen LogP contribution in [-0.2, 0) is 6.42 Å². The molecule has 1 aromatic rings. The Morgan fingerprint density at radius 1 is 1.31 bits per heavy atom. The topological polar surface area (TPSA) is 29.5 Å². The Morgan fingerprint density at radius 2 is 2.00 bits per heavy atom. The molecule has 0 radical (unpaired) electrons. The molecule has 0 aliphatic heterocycles. The molecular weight excluding hydrogens is 216 g/mol. The van der Waals surface area contributed by atoms with E-state index in [1.807, 2.05) is 12.1 Å². The van der Waals surface area contributed by atoms with Crippen LogP contribution >= 0.6 is 0 Å². The average molecular weight is 236 g/mol. The summed E-state index contributed by atoms with van der Waals surface area (Å²) in [5, 5.41) is 9.60. The van der Waals surface area contributed by atoms with E-state index >= 15 is 0 Å². The number of rotatable bonds is 5. The lowest BCUT2D eigenvalue weighted by molar-refractivity contribution is 0.468. The van der Waals surface area contributed by atoms with Crippen LogP contribution in [0.4, 0.5) is 0 Å². The third kappa shape index (κ3) is 4.53. The van der Waals surface area contributed by atoms with Crippen LogP contribution in [0.25, 0.3) is 0 Å². The van der Waals surface area contributed by atoms with Crippen molar-refractivity contribution < 1.29 is 9.53 Å². The highest BCUT2D eigenvalue weighted by atomic mass is 28.4. The van der Waals surface area contributed by atoms with Crippen LogP contribution in [0.3, 0.4) is 0 Å². The zero-order valence-electron chi connectivity index (χ0n) is 10.3. The zero-order chi connectivity index (χ0) is 12.2. The molecule has 0 saturated heterocycles. The van der Waals surface area contributed by atoms with E-state index in [1.165, 1.54) is 0 Å². The number of phenolic OH excluding ortho intramolecular Hbond substituents is 1. The quantitative estimate of drug-likeness (QED) is 0.623. The van der Waals surface area contributed by atoms with Gasteiger partial charge in [0, 0.05) is 6.07 Å². The highest BCUT2D eigenvalue weighted by Crippen LogP contribution is 2.25. The molecule has 0 aliphatic rings. The standard InChI is InChI=1S/C13H20O2Si/c1-5-6-7-11-8-12(14)10-13(9-11)15-16(2,3)4/h5,8-10,14H,1,6-7H2,2-4H3. The summed E-state index contributed by atoms with van der Waals surface area (Å²) in [5.74, 6) is 1.05. The van der Waals surface area contributed by atoms with E-state index in [2.05, 4.69) is 26.2 Å². The van der Waals surface area contributed by atoms with Crippen LogP contribution in [0.2, 0.25) is 19.6 Å². The van der Waals surface area contributed by atoms with E-state index in [4.69, 9.17) is 4.43 Å². The number of aryl methyl sites for hydroxylation is 1. The Labute approximate surface area is 98.7 Å². The van der Waals surface area contributed by atoms with E-state index in [1.54, 1.807) is 12.1 Å². The summed E-state index contributed by atoms with van der Waals surface area (Å²) in [6.07, 6.45) is 3.68. The summed E-state index contributed by atoms with van der Waals surface area (Å²) in [6, 6.07) is 5.46. The van der Waals surface area contributed by atoms with Crippen molar-refractivity contribution in [3.63, 3.8) is 0 Å². The number of phenols is 1. The van der Waals surface area contributed by atoms with Gasteiger partial charge in [-0.15, -0.1) is 6.58 Å². The van der Waals surface area contributed by atoms with Gasteiger partial charge < -0.3 is 9.53 Å². The van der Waals surface area contributed by atoms with Crippen LogP contribution < -0.4 is 4.43 Å². The maximum Gasteiger partial charge on any atom is 0.242 e. The van der Waals surface area contributed by atoms with Gasteiger partial charge in [0.25, 0.3) is 0 Å². The molecule has 0 aliphatic carbocycles. The van der Waals surface area contributed by atoms with Crippen molar-refractivity contribution in [1.82, 2.24) is 0 Å². The third-order valence-corrected chi connectivity index (χ3v) is 2.86. The van der Waals surface area contributed by atoms with Crippen LogP contribution in [0.1, 0.15) is 12.0 Å². The summed E-state index contributed by atoms with van der Waals surface area (Å²) in [4.78, 5) is 0. The second-order valence-electron chi connectivity index (χ2n) is 4.88. The molecular formula is C13H20O2Si. The minimum absolute atomic E-state index is 0.273. The number of allylic oxidation sites excluding steroid dienone is 1. The lowest BCUT2D eigenvalue weighted by Crippen LogP contribution is -2.29. The van der Waals surface area contributed by atoms with Gasteiger partial charge >= 0.3 is 0 Å². The van der Waals surface area contributed by atoms with Crippen LogP contribution in [0.5, 0.6) is 11.5 Å². The molecule has 0 unspecified atom stereocenters. The van der Waals surface area contributed by atoms with Crippen molar-refractivity contribution >= 4 is 8.32 Å². The van der Waals surface area contributed by atoms with Crippen LogP contribution in [0.15, 0.2) is 30.9 Å². The van der Waals surface area contributed by atoms with Gasteiger partial charge in [0.1, 0.15) is 11.5 Å². The van der Waals surface area contributed by atoms with E-state index in [0.29, 0.717) is 0 Å². The number of benzene rings is 1. The summed E-state index contributed by atoms with van der Waals surface area (Å²) in [7, 11) is -1.61. The fraction of sp³-hybridized carbons (Fsp3) is 0.385. The maximum absolute atomic E-state index is 9.60. The molecule has 1 aromatic carbocycles. The monoisotopic (exact) mass is 236 g/mol. The van der Waals surface area contributed by atoms with Gasteiger partial charge in [-0.2, -0.15) is 0 Å². The summed E-state index contributed by atoms with van der Waals surface area (Å²) in [5.41, 5.74) is 1.09. The Balaban J connectivity index is 2.85. The highest BCUT2D eigenvalue weighted by molar-refractivity contribution is 6.70. The van der Waals surface area contributed by atoms with Gasteiger partial charge in [0.15, 0.2) is 0 Å². The molecule has 0 fully saturated rings. The molecule has 0 atom stereocenters. The minimum Gasteiger partial charge on any atom is -0.544 e. The lowest BCUT2D eigenvalue weighted by atomic mass is 10.1. The summed E-state index contributed by atoms with van der Waals surface area (Å²) in [6.45, 7) is 10.1. The van der Waals surface area contributed by atoms with Crippen molar-refractivity contribution in [3.05, 3.63) is 36.4 Å². The second-order valence-corrected chi connectivity index (χ2v) is 9.31. The molecule has 0 saturated carbocycles. The van der Waals surface area contributed by atoms with Gasteiger partial charge in [0.2, 0.25) is 8.32 Å². The highest BCUT2D eigenvalue weighted by Gasteiger charge is 2.16. The smallest absolute Gasteiger partial charge is 0.242 e. The Hall–Kier alpha value is -1.22. The van der Waals surface area contributed by atoms with E-state index in [0.717, 1.165) is 24.2 Å². The lowest BCUT2D eigenvalue weighted by Gasteiger charge is -2.19. The average Bonchev–Trinajstić information content (AvgIpc) is 2.10. The molecule has 1 rings (SSSR count). The number of hydrogen-bond donors (Lipinski definition) is 1. The first kappa shape index (κ1) is 12.8. The maximum atomic E-state index is 9.60. The molecule has 88 valence electrons. The molecule has 1 N–H and O–H groups in total. The van der Waals surface area contributed by atoms with Crippen molar-refractivity contribution in [3.8, 4) is 11.5 Å². The van der Waals surface area contributed by atoms with E-state index in [-0.39, 0.29) is 5.75 Å². The zero-order valence-corrected chi connectivity index (χ0v) is 11.3. The van der Waals surface area contributed by atoms with Crippen molar-refractivity contribution in [2.24, 2.45) is 0 Å². The molecule has 2 nitrogen and oxygen atoms in total. The predicted molar refractivity (Wildman–Crippen MR) is 70.6 cm³/mol. The molecule has 0 bridgehead atoms. The van der Waals surface area contributed by atoms with E-state index < -0.39 is 8.32 Å².